The highest BCUT2D eigenvalue weighted by Crippen LogP contribution is 2.15. The van der Waals surface area contributed by atoms with Crippen LogP contribution in [0.25, 0.3) is 0 Å². The molecular weight excluding hydrogens is 266 g/mol. The summed E-state index contributed by atoms with van der Waals surface area (Å²) in [6.45, 7) is 8.86. The third-order valence-corrected chi connectivity index (χ3v) is 4.00. The van der Waals surface area contributed by atoms with Crippen LogP contribution >= 0.6 is 0 Å². The van der Waals surface area contributed by atoms with Crippen LogP contribution in [-0.2, 0) is 12.8 Å². The van der Waals surface area contributed by atoms with Gasteiger partial charge in [-0.05, 0) is 55.8 Å². The van der Waals surface area contributed by atoms with E-state index in [1.807, 2.05) is 0 Å². The summed E-state index contributed by atoms with van der Waals surface area (Å²) in [6, 6.07) is 19.8. The Bertz CT molecular complexity index is 528. The van der Waals surface area contributed by atoms with Gasteiger partial charge in [-0.2, -0.15) is 0 Å². The number of hydrogen-bond acceptors (Lipinski definition) is 1. The average molecular weight is 295 g/mol. The minimum atomic E-state index is 0.642. The molecule has 0 aliphatic heterocycles. The number of nitrogens with one attached hydrogen (secondary N) is 1. The number of rotatable bonds is 8. The summed E-state index contributed by atoms with van der Waals surface area (Å²) in [7, 11) is 0. The molecule has 0 spiro atoms. The summed E-state index contributed by atoms with van der Waals surface area (Å²) in [6.07, 6.45) is 2.28. The topological polar surface area (TPSA) is 12.0 Å². The van der Waals surface area contributed by atoms with Gasteiger partial charge >= 0.3 is 0 Å². The van der Waals surface area contributed by atoms with Crippen LogP contribution < -0.4 is 5.32 Å². The van der Waals surface area contributed by atoms with Crippen LogP contribution in [0.2, 0.25) is 0 Å². The first kappa shape index (κ1) is 16.8. The Kier molecular flexibility index (Phi) is 6.67. The van der Waals surface area contributed by atoms with Gasteiger partial charge in [-0.25, -0.2) is 0 Å². The summed E-state index contributed by atoms with van der Waals surface area (Å²) in [4.78, 5) is 0. The number of benzene rings is 2. The molecule has 1 heteroatoms. The molecule has 0 aliphatic rings. The minimum absolute atomic E-state index is 0.642. The van der Waals surface area contributed by atoms with E-state index in [4.69, 9.17) is 0 Å². The fraction of sp³-hybridized carbons (Fsp3) is 0.429. The molecule has 22 heavy (non-hydrogen) atoms. The van der Waals surface area contributed by atoms with Crippen molar-refractivity contribution in [1.82, 2.24) is 5.32 Å². The Morgan fingerprint density at radius 2 is 1.36 bits per heavy atom. The van der Waals surface area contributed by atoms with Gasteiger partial charge in [0, 0.05) is 0 Å². The molecule has 1 N–H and O–H groups in total. The molecule has 0 amide bonds. The Morgan fingerprint density at radius 3 is 1.95 bits per heavy atom. The van der Waals surface area contributed by atoms with Gasteiger partial charge in [0.05, 0.1) is 0 Å². The zero-order valence-corrected chi connectivity index (χ0v) is 14.2. The van der Waals surface area contributed by atoms with Gasteiger partial charge in [0.25, 0.3) is 0 Å². The van der Waals surface area contributed by atoms with Gasteiger partial charge in [0.2, 0.25) is 0 Å². The molecule has 0 bridgehead atoms. The maximum Gasteiger partial charge on any atom is -0.00140 e. The monoisotopic (exact) mass is 295 g/mol. The van der Waals surface area contributed by atoms with Crippen molar-refractivity contribution in [2.45, 2.75) is 33.6 Å². The predicted octanol–water partition coefficient (Wildman–Crippen LogP) is 4.64. The van der Waals surface area contributed by atoms with Crippen molar-refractivity contribution in [2.24, 2.45) is 11.8 Å². The molecule has 2 aromatic rings. The number of aryl methyl sites for hydroxylation is 1. The lowest BCUT2D eigenvalue weighted by Gasteiger charge is -2.19. The summed E-state index contributed by atoms with van der Waals surface area (Å²) in [5.41, 5.74) is 4.21. The van der Waals surface area contributed by atoms with Crippen LogP contribution in [0.1, 0.15) is 30.5 Å². The average Bonchev–Trinajstić information content (AvgIpc) is 2.50. The van der Waals surface area contributed by atoms with Gasteiger partial charge in [0.1, 0.15) is 0 Å². The van der Waals surface area contributed by atoms with E-state index in [9.17, 15) is 0 Å². The van der Waals surface area contributed by atoms with Crippen LogP contribution in [0.3, 0.4) is 0 Å². The molecule has 0 saturated heterocycles. The zero-order valence-electron chi connectivity index (χ0n) is 14.2. The van der Waals surface area contributed by atoms with Crippen molar-refractivity contribution in [3.05, 3.63) is 71.3 Å². The largest absolute Gasteiger partial charge is 0.316 e. The second kappa shape index (κ2) is 8.75. The highest BCUT2D eigenvalue weighted by atomic mass is 14.9. The molecule has 2 aromatic carbocycles. The highest BCUT2D eigenvalue weighted by Gasteiger charge is 2.11. The van der Waals surface area contributed by atoms with Crippen molar-refractivity contribution < 1.29 is 0 Å². The van der Waals surface area contributed by atoms with Crippen LogP contribution in [0.15, 0.2) is 54.6 Å². The fourth-order valence-electron chi connectivity index (χ4n) is 2.80. The van der Waals surface area contributed by atoms with Gasteiger partial charge in [-0.1, -0.05) is 74.0 Å². The number of hydrogen-bond donors (Lipinski definition) is 1. The van der Waals surface area contributed by atoms with Crippen molar-refractivity contribution in [1.29, 1.82) is 0 Å². The zero-order chi connectivity index (χ0) is 15.8. The SMILES string of the molecule is Cc1ccc(CC(CNCC(C)C)Cc2ccccc2)cc1. The lowest BCUT2D eigenvalue weighted by atomic mass is 9.92. The predicted molar refractivity (Wildman–Crippen MR) is 96.2 cm³/mol. The van der Waals surface area contributed by atoms with E-state index in [-0.39, 0.29) is 0 Å². The van der Waals surface area contributed by atoms with E-state index in [0.29, 0.717) is 11.8 Å². The van der Waals surface area contributed by atoms with E-state index in [1.54, 1.807) is 0 Å². The van der Waals surface area contributed by atoms with Crippen LogP contribution in [-0.4, -0.2) is 13.1 Å². The smallest absolute Gasteiger partial charge is 0.00140 e. The van der Waals surface area contributed by atoms with E-state index in [1.165, 1.54) is 16.7 Å². The molecule has 118 valence electrons. The molecule has 0 saturated carbocycles. The molecular formula is C21H29N. The molecule has 0 fully saturated rings. The summed E-state index contributed by atoms with van der Waals surface area (Å²) in [5, 5.41) is 3.64. The van der Waals surface area contributed by atoms with Gasteiger partial charge in [-0.15, -0.1) is 0 Å². The Balaban J connectivity index is 1.98. The maximum absolute atomic E-state index is 3.64. The second-order valence-corrected chi connectivity index (χ2v) is 6.80. The Labute approximate surface area is 135 Å². The van der Waals surface area contributed by atoms with E-state index in [0.717, 1.165) is 25.9 Å². The summed E-state index contributed by atoms with van der Waals surface area (Å²) >= 11 is 0. The molecule has 0 radical (unpaired) electrons. The molecule has 0 aromatic heterocycles. The quantitative estimate of drug-likeness (QED) is 0.748. The third-order valence-electron chi connectivity index (χ3n) is 4.00. The fourth-order valence-corrected chi connectivity index (χ4v) is 2.80. The first-order chi connectivity index (χ1) is 10.6. The minimum Gasteiger partial charge on any atom is -0.316 e. The van der Waals surface area contributed by atoms with Gasteiger partial charge in [-0.3, -0.25) is 0 Å². The van der Waals surface area contributed by atoms with Gasteiger partial charge in [0.15, 0.2) is 0 Å². The van der Waals surface area contributed by atoms with Crippen molar-refractivity contribution in [3.8, 4) is 0 Å². The molecule has 1 nitrogen and oxygen atoms in total. The van der Waals surface area contributed by atoms with Crippen molar-refractivity contribution >= 4 is 0 Å². The Morgan fingerprint density at radius 1 is 0.773 bits per heavy atom. The van der Waals surface area contributed by atoms with Crippen molar-refractivity contribution in [2.75, 3.05) is 13.1 Å². The molecule has 0 heterocycles. The Hall–Kier alpha value is -1.60. The van der Waals surface area contributed by atoms with Crippen LogP contribution in [0.4, 0.5) is 0 Å². The lowest BCUT2D eigenvalue weighted by Crippen LogP contribution is -2.28. The first-order valence-corrected chi connectivity index (χ1v) is 8.43. The summed E-state index contributed by atoms with van der Waals surface area (Å²) in [5.74, 6) is 1.35. The molecule has 2 rings (SSSR count). The molecule has 1 atom stereocenters. The standard InChI is InChI=1S/C21H29N/c1-17(2)15-22-16-21(13-19-7-5-4-6-8-19)14-20-11-9-18(3)10-12-20/h4-12,17,21-22H,13-16H2,1-3H3. The maximum atomic E-state index is 3.64. The third kappa shape index (κ3) is 6.03. The van der Waals surface area contributed by atoms with Gasteiger partial charge < -0.3 is 5.32 Å². The van der Waals surface area contributed by atoms with E-state index >= 15 is 0 Å². The summed E-state index contributed by atoms with van der Waals surface area (Å²) < 4.78 is 0. The first-order valence-electron chi connectivity index (χ1n) is 8.43. The van der Waals surface area contributed by atoms with E-state index < -0.39 is 0 Å². The highest BCUT2D eigenvalue weighted by molar-refractivity contribution is 5.22. The normalized spacial score (nSPS) is 12.5. The van der Waals surface area contributed by atoms with Crippen LogP contribution in [0.5, 0.6) is 0 Å². The van der Waals surface area contributed by atoms with E-state index in [2.05, 4.69) is 80.7 Å². The molecule has 0 aliphatic carbocycles. The second-order valence-electron chi connectivity index (χ2n) is 6.80. The molecule has 1 unspecified atom stereocenters. The van der Waals surface area contributed by atoms with Crippen LogP contribution in [0, 0.1) is 18.8 Å². The van der Waals surface area contributed by atoms with Crippen molar-refractivity contribution in [3.63, 3.8) is 0 Å². The lowest BCUT2D eigenvalue weighted by molar-refractivity contribution is 0.445.